The van der Waals surface area contributed by atoms with Crippen molar-refractivity contribution >= 4 is 18.3 Å². The third-order valence-corrected chi connectivity index (χ3v) is 2.73. The van der Waals surface area contributed by atoms with Gasteiger partial charge in [-0.15, -0.1) is 12.4 Å². The van der Waals surface area contributed by atoms with Gasteiger partial charge in [-0.1, -0.05) is 37.3 Å². The molecule has 0 aliphatic heterocycles. The Hall–Kier alpha value is -1.85. The average Bonchev–Trinajstić information content (AvgIpc) is 2.94. The van der Waals surface area contributed by atoms with E-state index < -0.39 is 0 Å². The summed E-state index contributed by atoms with van der Waals surface area (Å²) in [6.45, 7) is 4.30. The fourth-order valence-corrected chi connectivity index (χ4v) is 1.73. The lowest BCUT2D eigenvalue weighted by Gasteiger charge is -2.03. The molecule has 0 aliphatic carbocycles. The number of benzene rings is 1. The molecule has 6 heteroatoms. The number of halogens is 1. The molecule has 2 aromatic rings. The molecule has 0 unspecified atom stereocenters. The molecule has 5 nitrogen and oxygen atoms in total. The van der Waals surface area contributed by atoms with Gasteiger partial charge >= 0.3 is 0 Å². The summed E-state index contributed by atoms with van der Waals surface area (Å²) >= 11 is 0. The minimum Gasteiger partial charge on any atom is -0.349 e. The average molecular weight is 295 g/mol. The second-order valence-corrected chi connectivity index (χ2v) is 4.14. The highest BCUT2D eigenvalue weighted by Crippen LogP contribution is 2.16. The number of H-pyrrole nitrogens is 1. The highest BCUT2D eigenvalue weighted by atomic mass is 35.5. The highest BCUT2D eigenvalue weighted by Gasteiger charge is 2.09. The van der Waals surface area contributed by atoms with Crippen molar-refractivity contribution in [2.24, 2.45) is 0 Å². The Bertz CT molecular complexity index is 527. The van der Waals surface area contributed by atoms with Gasteiger partial charge in [0.15, 0.2) is 0 Å². The smallest absolute Gasteiger partial charge is 0.269 e. The van der Waals surface area contributed by atoms with Crippen LogP contribution in [0, 0.1) is 0 Å². The summed E-state index contributed by atoms with van der Waals surface area (Å²) in [6, 6.07) is 11.5. The van der Waals surface area contributed by atoms with Crippen LogP contribution in [0.4, 0.5) is 0 Å². The van der Waals surface area contributed by atoms with Crippen LogP contribution < -0.4 is 10.6 Å². The van der Waals surface area contributed by atoms with E-state index in [4.69, 9.17) is 0 Å². The van der Waals surface area contributed by atoms with Crippen LogP contribution in [0.5, 0.6) is 0 Å². The van der Waals surface area contributed by atoms with Crippen LogP contribution in [0.3, 0.4) is 0 Å². The van der Waals surface area contributed by atoms with Crippen molar-refractivity contribution in [2.75, 3.05) is 19.6 Å². The van der Waals surface area contributed by atoms with Gasteiger partial charge in [-0.05, 0) is 12.6 Å². The standard InChI is InChI=1S/C14H18N4O.ClH/c1-2-15-8-9-16-14(19)13-10-12(17-18-13)11-6-4-3-5-7-11;/h3-7,10,15H,2,8-9H2,1H3,(H,16,19)(H,17,18);1H. The summed E-state index contributed by atoms with van der Waals surface area (Å²) in [6.07, 6.45) is 0. The van der Waals surface area contributed by atoms with Gasteiger partial charge < -0.3 is 10.6 Å². The monoisotopic (exact) mass is 294 g/mol. The Labute approximate surface area is 124 Å². The molecular weight excluding hydrogens is 276 g/mol. The fourth-order valence-electron chi connectivity index (χ4n) is 1.73. The molecule has 0 radical (unpaired) electrons. The minimum atomic E-state index is -0.132. The summed E-state index contributed by atoms with van der Waals surface area (Å²) in [5.41, 5.74) is 2.25. The number of nitrogens with zero attached hydrogens (tertiary/aromatic N) is 1. The number of aromatic amines is 1. The van der Waals surface area contributed by atoms with Gasteiger partial charge in [0.05, 0.1) is 5.69 Å². The Morgan fingerprint density at radius 1 is 1.25 bits per heavy atom. The molecule has 0 fully saturated rings. The first kappa shape index (κ1) is 16.2. The van der Waals surface area contributed by atoms with Crippen molar-refractivity contribution < 1.29 is 4.79 Å². The number of hydrogen-bond acceptors (Lipinski definition) is 3. The van der Waals surface area contributed by atoms with Crippen molar-refractivity contribution in [2.45, 2.75) is 6.92 Å². The van der Waals surface area contributed by atoms with Crippen molar-refractivity contribution in [1.82, 2.24) is 20.8 Å². The fraction of sp³-hybridized carbons (Fsp3) is 0.286. The zero-order valence-electron chi connectivity index (χ0n) is 11.3. The SMILES string of the molecule is CCNCCNC(=O)c1cc(-c2ccccc2)n[nH]1.Cl. The first-order valence-electron chi connectivity index (χ1n) is 6.41. The van der Waals surface area contributed by atoms with E-state index in [1.54, 1.807) is 6.07 Å². The van der Waals surface area contributed by atoms with Crippen LogP contribution >= 0.6 is 12.4 Å². The molecule has 1 amide bonds. The normalized spacial score (nSPS) is 9.85. The maximum atomic E-state index is 11.8. The first-order valence-corrected chi connectivity index (χ1v) is 6.41. The molecule has 0 saturated carbocycles. The Morgan fingerprint density at radius 3 is 2.70 bits per heavy atom. The molecule has 0 spiro atoms. The van der Waals surface area contributed by atoms with E-state index in [-0.39, 0.29) is 18.3 Å². The molecule has 20 heavy (non-hydrogen) atoms. The largest absolute Gasteiger partial charge is 0.349 e. The summed E-state index contributed by atoms with van der Waals surface area (Å²) in [4.78, 5) is 11.8. The van der Waals surface area contributed by atoms with Crippen molar-refractivity contribution in [1.29, 1.82) is 0 Å². The molecule has 1 heterocycles. The Kier molecular flexibility index (Phi) is 6.76. The predicted molar refractivity (Wildman–Crippen MR) is 82.1 cm³/mol. The Morgan fingerprint density at radius 2 is 2.00 bits per heavy atom. The van der Waals surface area contributed by atoms with Gasteiger partial charge in [0.2, 0.25) is 0 Å². The van der Waals surface area contributed by atoms with Crippen LogP contribution in [0.1, 0.15) is 17.4 Å². The molecule has 0 aliphatic rings. The van der Waals surface area contributed by atoms with E-state index in [1.807, 2.05) is 37.3 Å². The molecule has 0 saturated heterocycles. The number of aromatic nitrogens is 2. The van der Waals surface area contributed by atoms with E-state index in [9.17, 15) is 4.79 Å². The summed E-state index contributed by atoms with van der Waals surface area (Å²) < 4.78 is 0. The predicted octanol–water partition coefficient (Wildman–Crippen LogP) is 1.84. The number of carbonyl (C=O) groups excluding carboxylic acids is 1. The number of amides is 1. The number of rotatable bonds is 6. The quantitative estimate of drug-likeness (QED) is 0.712. The van der Waals surface area contributed by atoms with Crippen LogP contribution in [-0.4, -0.2) is 35.7 Å². The number of carbonyl (C=O) groups is 1. The summed E-state index contributed by atoms with van der Waals surface area (Å²) in [7, 11) is 0. The first-order chi connectivity index (χ1) is 9.31. The van der Waals surface area contributed by atoms with Crippen LogP contribution in [0.25, 0.3) is 11.3 Å². The topological polar surface area (TPSA) is 69.8 Å². The van der Waals surface area contributed by atoms with E-state index in [1.165, 1.54) is 0 Å². The number of hydrogen-bond donors (Lipinski definition) is 3. The summed E-state index contributed by atoms with van der Waals surface area (Å²) in [5.74, 6) is -0.132. The lowest BCUT2D eigenvalue weighted by Crippen LogP contribution is -2.31. The van der Waals surface area contributed by atoms with E-state index in [0.29, 0.717) is 12.2 Å². The van der Waals surface area contributed by atoms with Gasteiger partial charge in [0.25, 0.3) is 5.91 Å². The minimum absolute atomic E-state index is 0. The number of nitrogens with one attached hydrogen (secondary N) is 3. The van der Waals surface area contributed by atoms with Gasteiger partial charge in [0, 0.05) is 18.7 Å². The van der Waals surface area contributed by atoms with Crippen LogP contribution in [-0.2, 0) is 0 Å². The van der Waals surface area contributed by atoms with E-state index in [0.717, 1.165) is 24.3 Å². The maximum absolute atomic E-state index is 11.8. The molecule has 0 bridgehead atoms. The van der Waals surface area contributed by atoms with Gasteiger partial charge in [-0.2, -0.15) is 5.10 Å². The lowest BCUT2D eigenvalue weighted by atomic mass is 10.1. The molecule has 1 aromatic heterocycles. The van der Waals surface area contributed by atoms with Crippen LogP contribution in [0.15, 0.2) is 36.4 Å². The lowest BCUT2D eigenvalue weighted by molar-refractivity contribution is 0.0949. The molecule has 2 rings (SSSR count). The van der Waals surface area contributed by atoms with Crippen molar-refractivity contribution in [3.63, 3.8) is 0 Å². The van der Waals surface area contributed by atoms with Crippen molar-refractivity contribution in [3.05, 3.63) is 42.1 Å². The number of likely N-dealkylation sites (N-methyl/N-ethyl adjacent to an activating group) is 1. The van der Waals surface area contributed by atoms with Gasteiger partial charge in [0.1, 0.15) is 5.69 Å². The molecular formula is C14H19ClN4O. The maximum Gasteiger partial charge on any atom is 0.269 e. The third kappa shape index (κ3) is 4.36. The van der Waals surface area contributed by atoms with Gasteiger partial charge in [-0.3, -0.25) is 9.89 Å². The Balaban J connectivity index is 0.00000200. The highest BCUT2D eigenvalue weighted by molar-refractivity contribution is 5.93. The van der Waals surface area contributed by atoms with Gasteiger partial charge in [-0.25, -0.2) is 0 Å². The molecule has 3 N–H and O–H groups in total. The van der Waals surface area contributed by atoms with E-state index in [2.05, 4.69) is 20.8 Å². The second-order valence-electron chi connectivity index (χ2n) is 4.14. The third-order valence-electron chi connectivity index (χ3n) is 2.73. The van der Waals surface area contributed by atoms with Crippen molar-refractivity contribution in [3.8, 4) is 11.3 Å². The van der Waals surface area contributed by atoms with E-state index >= 15 is 0 Å². The molecule has 1 aromatic carbocycles. The molecule has 0 atom stereocenters. The van der Waals surface area contributed by atoms with Crippen LogP contribution in [0.2, 0.25) is 0 Å². The zero-order valence-corrected chi connectivity index (χ0v) is 12.2. The second kappa shape index (κ2) is 8.35. The zero-order chi connectivity index (χ0) is 13.5. The molecule has 108 valence electrons. The summed E-state index contributed by atoms with van der Waals surface area (Å²) in [5, 5.41) is 12.9.